The van der Waals surface area contributed by atoms with Crippen molar-refractivity contribution in [1.29, 1.82) is 0 Å². The van der Waals surface area contributed by atoms with Crippen molar-refractivity contribution in [3.8, 4) is 5.75 Å². The van der Waals surface area contributed by atoms with Crippen molar-refractivity contribution in [2.24, 2.45) is 4.99 Å². The number of nitrogens with zero attached hydrogens (tertiary/aromatic N) is 2. The number of methoxy groups -OCH3 is 1. The van der Waals surface area contributed by atoms with Crippen molar-refractivity contribution in [3.63, 3.8) is 0 Å². The number of aliphatic imine (C=N–C) groups is 1. The molecule has 0 aromatic heterocycles. The molecular weight excluding hydrogens is 507 g/mol. The minimum absolute atomic E-state index is 0. The second kappa shape index (κ2) is 10.7. The van der Waals surface area contributed by atoms with Crippen LogP contribution >= 0.6 is 39.9 Å². The van der Waals surface area contributed by atoms with Crippen LogP contribution in [0.4, 0.5) is 0 Å². The molecule has 1 heterocycles. The lowest BCUT2D eigenvalue weighted by Gasteiger charge is -2.24. The molecule has 1 unspecified atom stereocenters. The van der Waals surface area contributed by atoms with Gasteiger partial charge in [-0.05, 0) is 37.5 Å². The summed E-state index contributed by atoms with van der Waals surface area (Å²) >= 11 is 3.52. The van der Waals surface area contributed by atoms with Gasteiger partial charge in [0.2, 0.25) is 0 Å². The molecule has 2 aliphatic rings. The van der Waals surface area contributed by atoms with Crippen LogP contribution in [0.5, 0.6) is 5.75 Å². The third-order valence-electron chi connectivity index (χ3n) is 5.31. The van der Waals surface area contributed by atoms with Gasteiger partial charge < -0.3 is 15.4 Å². The van der Waals surface area contributed by atoms with E-state index in [4.69, 9.17) is 4.74 Å². The Morgan fingerprint density at radius 1 is 1.31 bits per heavy atom. The summed E-state index contributed by atoms with van der Waals surface area (Å²) in [5.74, 6) is 1.75. The van der Waals surface area contributed by atoms with Gasteiger partial charge in [-0.15, -0.1) is 24.0 Å². The van der Waals surface area contributed by atoms with Gasteiger partial charge in [0, 0.05) is 48.8 Å². The van der Waals surface area contributed by atoms with Gasteiger partial charge >= 0.3 is 0 Å². The van der Waals surface area contributed by atoms with E-state index in [1.807, 2.05) is 19.2 Å². The Morgan fingerprint density at radius 3 is 2.77 bits per heavy atom. The van der Waals surface area contributed by atoms with Gasteiger partial charge in [-0.25, -0.2) is 0 Å². The zero-order valence-corrected chi connectivity index (χ0v) is 19.5. The predicted molar refractivity (Wildman–Crippen MR) is 122 cm³/mol. The Balaban J connectivity index is 0.00000243. The number of rotatable bonds is 5. The number of guanidine groups is 1. The van der Waals surface area contributed by atoms with Crippen LogP contribution < -0.4 is 15.4 Å². The molecule has 7 heteroatoms. The Kier molecular flexibility index (Phi) is 8.96. The summed E-state index contributed by atoms with van der Waals surface area (Å²) in [7, 11) is 3.53. The van der Waals surface area contributed by atoms with Crippen LogP contribution in [-0.4, -0.2) is 50.2 Å². The van der Waals surface area contributed by atoms with Crippen LogP contribution in [-0.2, 0) is 6.54 Å². The van der Waals surface area contributed by atoms with Crippen LogP contribution in [0.3, 0.4) is 0 Å². The molecule has 146 valence electrons. The minimum Gasteiger partial charge on any atom is -0.496 e. The molecule has 1 aromatic rings. The molecule has 0 spiro atoms. The average Bonchev–Trinajstić information content (AvgIpc) is 3.30. The van der Waals surface area contributed by atoms with Crippen molar-refractivity contribution in [1.82, 2.24) is 15.5 Å². The molecule has 0 amide bonds. The zero-order valence-electron chi connectivity index (χ0n) is 15.6. The second-order valence-corrected chi connectivity index (χ2v) is 7.86. The number of likely N-dealkylation sites (tertiary alicyclic amines) is 1. The van der Waals surface area contributed by atoms with Gasteiger partial charge in [0.1, 0.15) is 5.75 Å². The fourth-order valence-corrected chi connectivity index (χ4v) is 4.37. The SMILES string of the molecule is CN=C(NCc1cc(Br)ccc1OC)NC1CCN(C2CCCC2)C1.I. The maximum absolute atomic E-state index is 5.44. The van der Waals surface area contributed by atoms with Crippen molar-refractivity contribution >= 4 is 45.9 Å². The van der Waals surface area contributed by atoms with Gasteiger partial charge in [-0.3, -0.25) is 9.89 Å². The van der Waals surface area contributed by atoms with E-state index in [0.29, 0.717) is 12.6 Å². The number of hydrogen-bond donors (Lipinski definition) is 2. The van der Waals surface area contributed by atoms with Crippen molar-refractivity contribution in [3.05, 3.63) is 28.2 Å². The smallest absolute Gasteiger partial charge is 0.191 e. The summed E-state index contributed by atoms with van der Waals surface area (Å²) in [6, 6.07) is 7.35. The van der Waals surface area contributed by atoms with Gasteiger partial charge in [0.25, 0.3) is 0 Å². The van der Waals surface area contributed by atoms with Gasteiger partial charge in [-0.2, -0.15) is 0 Å². The lowest BCUT2D eigenvalue weighted by atomic mass is 10.2. The van der Waals surface area contributed by atoms with Crippen molar-refractivity contribution in [2.45, 2.75) is 50.7 Å². The maximum Gasteiger partial charge on any atom is 0.191 e. The van der Waals surface area contributed by atoms with E-state index in [1.165, 1.54) is 38.6 Å². The van der Waals surface area contributed by atoms with E-state index < -0.39 is 0 Å². The number of halogens is 2. The molecule has 2 N–H and O–H groups in total. The monoisotopic (exact) mass is 536 g/mol. The lowest BCUT2D eigenvalue weighted by molar-refractivity contribution is 0.242. The van der Waals surface area contributed by atoms with E-state index in [2.05, 4.69) is 42.5 Å². The Morgan fingerprint density at radius 2 is 2.08 bits per heavy atom. The van der Waals surface area contributed by atoms with Crippen LogP contribution in [0.2, 0.25) is 0 Å². The summed E-state index contributed by atoms with van der Waals surface area (Å²) in [6.07, 6.45) is 6.75. The predicted octanol–water partition coefficient (Wildman–Crippen LogP) is 3.76. The molecule has 3 rings (SSSR count). The molecule has 1 saturated carbocycles. The highest BCUT2D eigenvalue weighted by Gasteiger charge is 2.30. The molecule has 26 heavy (non-hydrogen) atoms. The summed E-state index contributed by atoms with van der Waals surface area (Å²) in [6.45, 7) is 3.02. The van der Waals surface area contributed by atoms with E-state index >= 15 is 0 Å². The summed E-state index contributed by atoms with van der Waals surface area (Å²) in [4.78, 5) is 7.05. The minimum atomic E-state index is 0. The normalized spacial score (nSPS) is 21.5. The molecule has 2 fully saturated rings. The largest absolute Gasteiger partial charge is 0.496 e. The number of ether oxygens (including phenoxy) is 1. The van der Waals surface area contributed by atoms with Crippen molar-refractivity contribution < 1.29 is 4.74 Å². The van der Waals surface area contributed by atoms with E-state index in [0.717, 1.165) is 34.3 Å². The Hall–Kier alpha value is -0.540. The highest BCUT2D eigenvalue weighted by atomic mass is 127. The standard InChI is InChI=1S/C19H29BrN4O.HI/c1-21-19(22-12-14-11-15(20)7-8-18(14)25-2)23-16-9-10-24(13-16)17-5-3-4-6-17;/h7-8,11,16-17H,3-6,9-10,12-13H2,1-2H3,(H2,21,22,23);1H. The number of benzene rings is 1. The molecule has 1 atom stereocenters. The first kappa shape index (κ1) is 21.8. The zero-order chi connectivity index (χ0) is 17.6. The first-order valence-electron chi connectivity index (χ1n) is 9.23. The molecule has 1 aromatic carbocycles. The summed E-state index contributed by atoms with van der Waals surface area (Å²) in [5, 5.41) is 7.00. The van der Waals surface area contributed by atoms with Crippen LogP contribution in [0.1, 0.15) is 37.7 Å². The lowest BCUT2D eigenvalue weighted by Crippen LogP contribution is -2.45. The molecule has 0 bridgehead atoms. The first-order valence-corrected chi connectivity index (χ1v) is 10.0. The maximum atomic E-state index is 5.44. The van der Waals surface area contributed by atoms with Crippen LogP contribution in [0, 0.1) is 0 Å². The number of nitrogens with one attached hydrogen (secondary N) is 2. The molecule has 1 saturated heterocycles. The fraction of sp³-hybridized carbons (Fsp3) is 0.632. The van der Waals surface area contributed by atoms with Crippen LogP contribution in [0.25, 0.3) is 0 Å². The second-order valence-electron chi connectivity index (χ2n) is 6.95. The molecule has 1 aliphatic heterocycles. The quantitative estimate of drug-likeness (QED) is 0.342. The molecular formula is C19H30BrIN4O. The van der Waals surface area contributed by atoms with Crippen molar-refractivity contribution in [2.75, 3.05) is 27.2 Å². The Bertz CT molecular complexity index is 607. The Labute approximate surface area is 182 Å². The molecule has 5 nitrogen and oxygen atoms in total. The average molecular weight is 537 g/mol. The number of hydrogen-bond acceptors (Lipinski definition) is 3. The highest BCUT2D eigenvalue weighted by Crippen LogP contribution is 2.26. The third-order valence-corrected chi connectivity index (χ3v) is 5.81. The van der Waals surface area contributed by atoms with Gasteiger partial charge in [0.05, 0.1) is 7.11 Å². The highest BCUT2D eigenvalue weighted by molar-refractivity contribution is 14.0. The third kappa shape index (κ3) is 5.73. The first-order chi connectivity index (χ1) is 12.2. The van der Waals surface area contributed by atoms with Gasteiger partial charge in [0.15, 0.2) is 5.96 Å². The van der Waals surface area contributed by atoms with E-state index in [9.17, 15) is 0 Å². The summed E-state index contributed by atoms with van der Waals surface area (Å²) < 4.78 is 6.49. The fourth-order valence-electron chi connectivity index (χ4n) is 3.96. The topological polar surface area (TPSA) is 48.9 Å². The van der Waals surface area contributed by atoms with Gasteiger partial charge in [-0.1, -0.05) is 28.8 Å². The summed E-state index contributed by atoms with van der Waals surface area (Å²) in [5.41, 5.74) is 1.11. The molecule has 0 radical (unpaired) electrons. The molecule has 1 aliphatic carbocycles. The van der Waals surface area contributed by atoms with E-state index in [1.54, 1.807) is 7.11 Å². The van der Waals surface area contributed by atoms with Crippen LogP contribution in [0.15, 0.2) is 27.7 Å². The van der Waals surface area contributed by atoms with E-state index in [-0.39, 0.29) is 24.0 Å².